The van der Waals surface area contributed by atoms with Crippen LogP contribution in [-0.4, -0.2) is 30.1 Å². The van der Waals surface area contributed by atoms with Crippen LogP contribution in [0.2, 0.25) is 0 Å². The third-order valence-electron chi connectivity index (χ3n) is 0.428. The van der Waals surface area contributed by atoms with E-state index in [9.17, 15) is 9.59 Å². The van der Waals surface area contributed by atoms with E-state index in [1.165, 1.54) is 13.8 Å². The molecule has 0 bridgehead atoms. The average Bonchev–Trinajstić information content (AvgIpc) is 1.63. The molecule has 0 saturated heterocycles. The molecule has 0 aliphatic carbocycles. The first kappa shape index (κ1) is 8.58. The second kappa shape index (κ2) is 4.45. The standard InChI is InChI=1S/2C2H4O2.Ga/c2*1-2(3)4;/h2*1H3,(H,3,4);/q;;+2/p-2. The third kappa shape index (κ3) is 7.58. The van der Waals surface area contributed by atoms with E-state index in [0.717, 1.165) is 0 Å². The Morgan fingerprint density at radius 1 is 1.11 bits per heavy atom. The summed E-state index contributed by atoms with van der Waals surface area (Å²) in [7, 11) is 0. The topological polar surface area (TPSA) is 52.6 Å². The molecule has 0 fully saturated rings. The summed E-state index contributed by atoms with van der Waals surface area (Å²) in [6.45, 7) is 2.56. The van der Waals surface area contributed by atoms with Gasteiger partial charge in [-0.05, 0) is 0 Å². The van der Waals surface area contributed by atoms with Crippen molar-refractivity contribution in [3.05, 3.63) is 0 Å². The Balaban J connectivity index is 3.10. The number of hydrogen-bond donors (Lipinski definition) is 0. The Kier molecular flexibility index (Phi) is 4.25. The average molecular weight is 188 g/mol. The van der Waals surface area contributed by atoms with Crippen LogP contribution < -0.4 is 0 Å². The van der Waals surface area contributed by atoms with Crippen molar-refractivity contribution in [2.24, 2.45) is 0 Å². The molecule has 0 spiro atoms. The molecule has 0 aliphatic rings. The molecule has 1 radical (unpaired) electrons. The number of carbonyl (C=O) groups excluding carboxylic acids is 2. The van der Waals surface area contributed by atoms with E-state index in [4.69, 9.17) is 0 Å². The second-order valence-corrected chi connectivity index (χ2v) is 2.71. The Morgan fingerprint density at radius 2 is 1.44 bits per heavy atom. The van der Waals surface area contributed by atoms with Gasteiger partial charge in [0.05, 0.1) is 0 Å². The first-order valence-corrected chi connectivity index (χ1v) is 4.27. The van der Waals surface area contributed by atoms with Gasteiger partial charge in [0.1, 0.15) is 0 Å². The van der Waals surface area contributed by atoms with E-state index in [0.29, 0.717) is 0 Å². The zero-order valence-corrected chi connectivity index (χ0v) is 7.63. The number of hydrogen-bond acceptors (Lipinski definition) is 4. The molecule has 9 heavy (non-hydrogen) atoms. The normalized spacial score (nSPS) is 7.78. The molecule has 0 saturated carbocycles. The molecule has 0 unspecified atom stereocenters. The summed E-state index contributed by atoms with van der Waals surface area (Å²) >= 11 is -1.52. The van der Waals surface area contributed by atoms with E-state index in [1.807, 2.05) is 0 Å². The van der Waals surface area contributed by atoms with Gasteiger partial charge in [-0.1, -0.05) is 0 Å². The predicted molar refractivity (Wildman–Crippen MR) is 29.3 cm³/mol. The molecule has 0 aromatic heterocycles. The SMILES string of the molecule is CC(=O)[O][Ga][O]C(C)=O. The summed E-state index contributed by atoms with van der Waals surface area (Å²) in [6.07, 6.45) is 0. The fraction of sp³-hybridized carbons (Fsp3) is 0.500. The van der Waals surface area contributed by atoms with Crippen LogP contribution >= 0.6 is 0 Å². The van der Waals surface area contributed by atoms with Crippen LogP contribution in [0.1, 0.15) is 13.8 Å². The predicted octanol–water partition coefficient (Wildman–Crippen LogP) is -0.353. The van der Waals surface area contributed by atoms with Crippen molar-refractivity contribution < 1.29 is 16.6 Å². The molecule has 0 aliphatic heterocycles. The zero-order valence-electron chi connectivity index (χ0n) is 5.21. The summed E-state index contributed by atoms with van der Waals surface area (Å²) in [4.78, 5) is 20.1. The van der Waals surface area contributed by atoms with Crippen LogP contribution in [-0.2, 0) is 16.6 Å². The summed E-state index contributed by atoms with van der Waals surface area (Å²) in [5, 5.41) is 0. The first-order chi connectivity index (χ1) is 4.13. The quantitative estimate of drug-likeness (QED) is 0.555. The van der Waals surface area contributed by atoms with Gasteiger partial charge in [0.25, 0.3) is 0 Å². The zero-order chi connectivity index (χ0) is 7.28. The van der Waals surface area contributed by atoms with Crippen molar-refractivity contribution in [3.63, 3.8) is 0 Å². The fourth-order valence-electron chi connectivity index (χ4n) is 0.160. The van der Waals surface area contributed by atoms with E-state index < -0.39 is 30.1 Å². The van der Waals surface area contributed by atoms with Crippen LogP contribution in [0, 0.1) is 0 Å². The molecule has 0 rings (SSSR count). The Morgan fingerprint density at radius 3 is 1.67 bits per heavy atom. The molecule has 0 aromatic carbocycles. The van der Waals surface area contributed by atoms with Crippen molar-refractivity contribution in [2.45, 2.75) is 13.8 Å². The number of rotatable bonds is 2. The summed E-state index contributed by atoms with van der Waals surface area (Å²) in [5.41, 5.74) is 0. The number of carbonyl (C=O) groups is 2. The third-order valence-corrected chi connectivity index (χ3v) is 2.22. The molecular formula is C4H6GaO4. The van der Waals surface area contributed by atoms with Gasteiger partial charge in [-0.15, -0.1) is 0 Å². The molecule has 0 heterocycles. The molecule has 0 amide bonds. The van der Waals surface area contributed by atoms with Crippen LogP contribution in [0.25, 0.3) is 0 Å². The maximum absolute atomic E-state index is 10.1. The van der Waals surface area contributed by atoms with Crippen LogP contribution in [0.3, 0.4) is 0 Å². The minimum atomic E-state index is -1.52. The van der Waals surface area contributed by atoms with Gasteiger partial charge in [-0.3, -0.25) is 0 Å². The van der Waals surface area contributed by atoms with Crippen LogP contribution in [0.4, 0.5) is 0 Å². The monoisotopic (exact) mass is 187 g/mol. The van der Waals surface area contributed by atoms with E-state index >= 15 is 0 Å². The van der Waals surface area contributed by atoms with Gasteiger partial charge >= 0.3 is 60.6 Å². The van der Waals surface area contributed by atoms with Gasteiger partial charge in [-0.25, -0.2) is 0 Å². The van der Waals surface area contributed by atoms with Gasteiger partial charge in [0.2, 0.25) is 0 Å². The fourth-order valence-corrected chi connectivity index (χ4v) is 0.829. The van der Waals surface area contributed by atoms with Crippen molar-refractivity contribution in [1.29, 1.82) is 0 Å². The first-order valence-electron chi connectivity index (χ1n) is 2.29. The summed E-state index contributed by atoms with van der Waals surface area (Å²) in [5.74, 6) is -0.785. The van der Waals surface area contributed by atoms with Gasteiger partial charge in [0, 0.05) is 0 Å². The second-order valence-electron chi connectivity index (χ2n) is 1.32. The van der Waals surface area contributed by atoms with E-state index in [2.05, 4.69) is 7.06 Å². The summed E-state index contributed by atoms with van der Waals surface area (Å²) in [6, 6.07) is 0. The van der Waals surface area contributed by atoms with Crippen molar-refractivity contribution in [2.75, 3.05) is 0 Å². The van der Waals surface area contributed by atoms with Gasteiger partial charge in [-0.2, -0.15) is 0 Å². The van der Waals surface area contributed by atoms with Crippen LogP contribution in [0.5, 0.6) is 0 Å². The molecule has 0 aromatic rings. The Hall–Kier alpha value is -0.424. The van der Waals surface area contributed by atoms with Crippen molar-refractivity contribution in [1.82, 2.24) is 0 Å². The molecule has 4 nitrogen and oxygen atoms in total. The molecule has 0 N–H and O–H groups in total. The molecule has 5 heteroatoms. The maximum atomic E-state index is 10.1. The molecule has 0 atom stereocenters. The summed E-state index contributed by atoms with van der Waals surface area (Å²) < 4.78 is 8.85. The van der Waals surface area contributed by atoms with Crippen molar-refractivity contribution in [3.8, 4) is 0 Å². The van der Waals surface area contributed by atoms with Crippen molar-refractivity contribution >= 4 is 30.1 Å². The Labute approximate surface area is 61.1 Å². The van der Waals surface area contributed by atoms with E-state index in [-0.39, 0.29) is 0 Å². The van der Waals surface area contributed by atoms with Crippen LogP contribution in [0.15, 0.2) is 0 Å². The minimum absolute atomic E-state index is 0.392. The molecule has 49 valence electrons. The van der Waals surface area contributed by atoms with Gasteiger partial charge in [0.15, 0.2) is 0 Å². The Bertz CT molecular complexity index is 108. The molecular weight excluding hydrogens is 182 g/mol. The van der Waals surface area contributed by atoms with E-state index in [1.54, 1.807) is 0 Å². The van der Waals surface area contributed by atoms with Gasteiger partial charge < -0.3 is 0 Å².